The number of rotatable bonds is 3. The van der Waals surface area contributed by atoms with Gasteiger partial charge < -0.3 is 9.67 Å². The van der Waals surface area contributed by atoms with Crippen molar-refractivity contribution >= 4 is 31.7 Å². The fourth-order valence-corrected chi connectivity index (χ4v) is 4.41. The van der Waals surface area contributed by atoms with Gasteiger partial charge in [0.1, 0.15) is 5.69 Å². The Labute approximate surface area is 107 Å². The van der Waals surface area contributed by atoms with E-state index in [0.717, 1.165) is 0 Å². The van der Waals surface area contributed by atoms with E-state index in [-0.39, 0.29) is 23.1 Å². The van der Waals surface area contributed by atoms with Crippen molar-refractivity contribution in [3.63, 3.8) is 0 Å². The number of sulfone groups is 1. The van der Waals surface area contributed by atoms with Gasteiger partial charge in [0.2, 0.25) is 0 Å². The first kappa shape index (κ1) is 12.6. The number of carboxylic acids is 1. The average molecular weight is 322 g/mol. The number of hydrogen-bond donors (Lipinski definition) is 1. The molecule has 1 N–H and O–H groups in total. The van der Waals surface area contributed by atoms with Crippen LogP contribution in [-0.2, 0) is 16.4 Å². The third-order valence-electron chi connectivity index (χ3n) is 2.86. The monoisotopic (exact) mass is 321 g/mol. The Morgan fingerprint density at radius 3 is 2.82 bits per heavy atom. The zero-order valence-electron chi connectivity index (χ0n) is 8.97. The standard InChI is InChI=1S/C10H12BrNO4S/c11-8-3-9(10(13)14)12(5-8)4-7-1-2-17(15,16)6-7/h3,5,7H,1-2,4,6H2,(H,13,14). The number of aromatic nitrogens is 1. The van der Waals surface area contributed by atoms with Gasteiger partial charge in [0.15, 0.2) is 9.84 Å². The molecule has 0 amide bonds. The van der Waals surface area contributed by atoms with Crippen LogP contribution >= 0.6 is 15.9 Å². The summed E-state index contributed by atoms with van der Waals surface area (Å²) in [6, 6.07) is 1.52. The molecule has 1 aromatic rings. The lowest BCUT2D eigenvalue weighted by molar-refractivity contribution is 0.0684. The molecule has 7 heteroatoms. The van der Waals surface area contributed by atoms with Crippen LogP contribution in [0.3, 0.4) is 0 Å². The second kappa shape index (κ2) is 4.45. The number of carbonyl (C=O) groups is 1. The van der Waals surface area contributed by atoms with Crippen LogP contribution in [0.1, 0.15) is 16.9 Å². The van der Waals surface area contributed by atoms with Crippen molar-refractivity contribution < 1.29 is 18.3 Å². The number of aromatic carboxylic acids is 1. The molecular formula is C10H12BrNO4S. The minimum atomic E-state index is -2.91. The summed E-state index contributed by atoms with van der Waals surface area (Å²) in [6.07, 6.45) is 2.28. The summed E-state index contributed by atoms with van der Waals surface area (Å²) < 4.78 is 24.9. The molecule has 2 heterocycles. The molecule has 1 aromatic heterocycles. The highest BCUT2D eigenvalue weighted by molar-refractivity contribution is 9.10. The molecule has 94 valence electrons. The second-order valence-electron chi connectivity index (χ2n) is 4.27. The molecule has 17 heavy (non-hydrogen) atoms. The predicted molar refractivity (Wildman–Crippen MR) is 65.9 cm³/mol. The molecule has 1 saturated heterocycles. The zero-order valence-corrected chi connectivity index (χ0v) is 11.4. The van der Waals surface area contributed by atoms with Gasteiger partial charge in [-0.25, -0.2) is 13.2 Å². The first-order chi connectivity index (χ1) is 7.87. The minimum absolute atomic E-state index is 0.0115. The van der Waals surface area contributed by atoms with Gasteiger partial charge in [0, 0.05) is 17.2 Å². The molecular weight excluding hydrogens is 310 g/mol. The molecule has 0 aliphatic carbocycles. The van der Waals surface area contributed by atoms with Crippen LogP contribution in [0.25, 0.3) is 0 Å². The molecule has 0 saturated carbocycles. The van der Waals surface area contributed by atoms with Crippen molar-refractivity contribution in [2.24, 2.45) is 5.92 Å². The summed E-state index contributed by atoms with van der Waals surface area (Å²) in [4.78, 5) is 11.0. The maximum Gasteiger partial charge on any atom is 0.352 e. The van der Waals surface area contributed by atoms with Crippen molar-refractivity contribution in [2.45, 2.75) is 13.0 Å². The fraction of sp³-hybridized carbons (Fsp3) is 0.500. The Bertz CT molecular complexity index is 549. The SMILES string of the molecule is O=C(O)c1cc(Br)cn1CC1CCS(=O)(=O)C1. The van der Waals surface area contributed by atoms with Gasteiger partial charge >= 0.3 is 5.97 Å². The molecule has 0 radical (unpaired) electrons. The first-order valence-corrected chi connectivity index (χ1v) is 7.78. The lowest BCUT2D eigenvalue weighted by atomic mass is 10.1. The lowest BCUT2D eigenvalue weighted by Gasteiger charge is -2.10. The van der Waals surface area contributed by atoms with Crippen LogP contribution in [0, 0.1) is 5.92 Å². The summed E-state index contributed by atoms with van der Waals surface area (Å²) in [7, 11) is -2.91. The highest BCUT2D eigenvalue weighted by Gasteiger charge is 2.28. The van der Waals surface area contributed by atoms with Crippen molar-refractivity contribution in [3.05, 3.63) is 22.4 Å². The fourth-order valence-electron chi connectivity index (χ4n) is 2.10. The van der Waals surface area contributed by atoms with Crippen LogP contribution < -0.4 is 0 Å². The van der Waals surface area contributed by atoms with E-state index in [4.69, 9.17) is 5.11 Å². The Hall–Kier alpha value is -0.820. The van der Waals surface area contributed by atoms with Gasteiger partial charge in [0.25, 0.3) is 0 Å². The van der Waals surface area contributed by atoms with Crippen LogP contribution in [0.4, 0.5) is 0 Å². The number of carboxylic acid groups (broad SMARTS) is 1. The summed E-state index contributed by atoms with van der Waals surface area (Å²) in [6.45, 7) is 0.437. The molecule has 2 rings (SSSR count). The Morgan fingerprint density at radius 1 is 1.59 bits per heavy atom. The second-order valence-corrected chi connectivity index (χ2v) is 7.41. The minimum Gasteiger partial charge on any atom is -0.477 e. The van der Waals surface area contributed by atoms with Gasteiger partial charge in [0.05, 0.1) is 11.5 Å². The van der Waals surface area contributed by atoms with Crippen molar-refractivity contribution in [2.75, 3.05) is 11.5 Å². The molecule has 5 nitrogen and oxygen atoms in total. The molecule has 0 spiro atoms. The largest absolute Gasteiger partial charge is 0.477 e. The first-order valence-electron chi connectivity index (χ1n) is 5.17. The van der Waals surface area contributed by atoms with E-state index in [1.54, 1.807) is 10.8 Å². The summed E-state index contributed by atoms with van der Waals surface area (Å²) in [5.41, 5.74) is 0.182. The smallest absolute Gasteiger partial charge is 0.352 e. The van der Waals surface area contributed by atoms with Crippen molar-refractivity contribution in [1.29, 1.82) is 0 Å². The predicted octanol–water partition coefficient (Wildman–Crippen LogP) is 1.38. The number of halogens is 1. The number of hydrogen-bond acceptors (Lipinski definition) is 3. The molecule has 1 atom stereocenters. The van der Waals surface area contributed by atoms with E-state index in [9.17, 15) is 13.2 Å². The highest BCUT2D eigenvalue weighted by Crippen LogP contribution is 2.23. The van der Waals surface area contributed by atoms with E-state index in [1.807, 2.05) is 0 Å². The van der Waals surface area contributed by atoms with E-state index in [1.165, 1.54) is 6.07 Å². The van der Waals surface area contributed by atoms with Crippen molar-refractivity contribution in [1.82, 2.24) is 4.57 Å². The average Bonchev–Trinajstić information content (AvgIpc) is 2.70. The molecule has 1 fully saturated rings. The third-order valence-corrected chi connectivity index (χ3v) is 5.13. The number of nitrogens with zero attached hydrogens (tertiary/aromatic N) is 1. The quantitative estimate of drug-likeness (QED) is 0.912. The maximum atomic E-state index is 11.3. The molecule has 1 aliphatic rings. The van der Waals surface area contributed by atoms with Crippen molar-refractivity contribution in [3.8, 4) is 0 Å². The molecule has 1 unspecified atom stereocenters. The Balaban J connectivity index is 2.17. The Morgan fingerprint density at radius 2 is 2.29 bits per heavy atom. The molecule has 0 bridgehead atoms. The Kier molecular flexibility index (Phi) is 3.31. The normalized spacial score (nSPS) is 22.8. The van der Waals surface area contributed by atoms with E-state index in [2.05, 4.69) is 15.9 Å². The summed E-state index contributed by atoms with van der Waals surface area (Å²) in [5.74, 6) is -0.626. The zero-order chi connectivity index (χ0) is 12.6. The molecule has 1 aliphatic heterocycles. The van der Waals surface area contributed by atoms with E-state index < -0.39 is 15.8 Å². The topological polar surface area (TPSA) is 76.4 Å². The molecule has 0 aromatic carbocycles. The summed E-state index contributed by atoms with van der Waals surface area (Å²) in [5, 5.41) is 9.00. The third kappa shape index (κ3) is 2.90. The van der Waals surface area contributed by atoms with E-state index in [0.29, 0.717) is 17.4 Å². The maximum absolute atomic E-state index is 11.3. The van der Waals surface area contributed by atoms with Crippen LogP contribution in [0.2, 0.25) is 0 Å². The van der Waals surface area contributed by atoms with Gasteiger partial charge in [-0.3, -0.25) is 0 Å². The lowest BCUT2D eigenvalue weighted by Crippen LogP contribution is -2.15. The van der Waals surface area contributed by atoms with Gasteiger partial charge in [-0.05, 0) is 34.3 Å². The van der Waals surface area contributed by atoms with E-state index >= 15 is 0 Å². The van der Waals surface area contributed by atoms with Gasteiger partial charge in [-0.2, -0.15) is 0 Å². The van der Waals surface area contributed by atoms with Crippen LogP contribution in [0.15, 0.2) is 16.7 Å². The van der Waals surface area contributed by atoms with Crippen LogP contribution in [-0.4, -0.2) is 35.6 Å². The van der Waals surface area contributed by atoms with Crippen LogP contribution in [0.5, 0.6) is 0 Å². The van der Waals surface area contributed by atoms with Gasteiger partial charge in [-0.15, -0.1) is 0 Å². The highest BCUT2D eigenvalue weighted by atomic mass is 79.9. The van der Waals surface area contributed by atoms with Gasteiger partial charge in [-0.1, -0.05) is 0 Å². The summed E-state index contributed by atoms with van der Waals surface area (Å²) >= 11 is 3.22.